The number of rotatable bonds is 1. The van der Waals surface area contributed by atoms with E-state index in [9.17, 15) is 0 Å². The summed E-state index contributed by atoms with van der Waals surface area (Å²) >= 11 is 6.11. The Hall–Kier alpha value is -1.66. The van der Waals surface area contributed by atoms with Crippen molar-refractivity contribution in [2.24, 2.45) is 15.3 Å². The maximum absolute atomic E-state index is 6.11. The summed E-state index contributed by atoms with van der Waals surface area (Å²) in [5, 5.41) is 14.2. The van der Waals surface area contributed by atoms with Crippen LogP contribution in [0.2, 0.25) is 5.02 Å². The molecule has 1 atom stereocenters. The lowest BCUT2D eigenvalue weighted by Crippen LogP contribution is -2.52. The van der Waals surface area contributed by atoms with E-state index in [1.807, 2.05) is 23.2 Å². The van der Waals surface area contributed by atoms with Crippen molar-refractivity contribution in [2.75, 3.05) is 33.2 Å². The van der Waals surface area contributed by atoms with Gasteiger partial charge in [0.15, 0.2) is 0 Å². The molecule has 6 nitrogen and oxygen atoms in total. The van der Waals surface area contributed by atoms with Crippen LogP contribution < -0.4 is 5.32 Å². The average molecular weight is 307 g/mol. The van der Waals surface area contributed by atoms with Gasteiger partial charge in [-0.15, -0.1) is 0 Å². The molecular formula is C14H19ClN6. The fraction of sp³-hybridized carbons (Fsp3) is 0.500. The SMILES string of the molecule is C/N=N\N1C(N2CCNCC2)=Nc2ccc(Cl)cc2C1C. The van der Waals surface area contributed by atoms with Gasteiger partial charge in [-0.25, -0.2) is 10.0 Å². The van der Waals surface area contributed by atoms with Crippen LogP contribution in [-0.4, -0.2) is 49.1 Å². The molecule has 1 saturated heterocycles. The van der Waals surface area contributed by atoms with Gasteiger partial charge < -0.3 is 10.2 Å². The second-order valence-electron chi connectivity index (χ2n) is 5.16. The number of piperazine rings is 1. The van der Waals surface area contributed by atoms with E-state index in [2.05, 4.69) is 27.5 Å². The Morgan fingerprint density at radius 1 is 1.33 bits per heavy atom. The van der Waals surface area contributed by atoms with E-state index in [4.69, 9.17) is 16.6 Å². The third kappa shape index (κ3) is 2.73. The van der Waals surface area contributed by atoms with E-state index < -0.39 is 0 Å². The molecule has 112 valence electrons. The first-order chi connectivity index (χ1) is 10.2. The van der Waals surface area contributed by atoms with E-state index in [-0.39, 0.29) is 6.04 Å². The van der Waals surface area contributed by atoms with Gasteiger partial charge in [0.05, 0.1) is 18.8 Å². The highest BCUT2D eigenvalue weighted by Crippen LogP contribution is 2.37. The smallest absolute Gasteiger partial charge is 0.224 e. The Morgan fingerprint density at radius 2 is 2.10 bits per heavy atom. The van der Waals surface area contributed by atoms with Gasteiger partial charge >= 0.3 is 0 Å². The van der Waals surface area contributed by atoms with Crippen LogP contribution >= 0.6 is 11.6 Å². The number of benzene rings is 1. The standard InChI is InChI=1S/C14H19ClN6/c1-10-12-9-11(15)3-4-13(12)18-14(21(10)19-16-2)20-7-5-17-6-8-20/h3-4,9-10,17H,5-8H2,1-2H3/b19-16-. The van der Waals surface area contributed by atoms with Gasteiger partial charge in [-0.3, -0.25) is 0 Å². The van der Waals surface area contributed by atoms with Crippen LogP contribution in [0.5, 0.6) is 0 Å². The molecule has 1 aromatic carbocycles. The van der Waals surface area contributed by atoms with Crippen molar-refractivity contribution in [3.63, 3.8) is 0 Å². The van der Waals surface area contributed by atoms with Crippen molar-refractivity contribution in [3.05, 3.63) is 28.8 Å². The summed E-state index contributed by atoms with van der Waals surface area (Å²) in [5.41, 5.74) is 2.04. The first-order valence-corrected chi connectivity index (χ1v) is 7.51. The quantitative estimate of drug-likeness (QED) is 0.811. The second kappa shape index (κ2) is 5.99. The van der Waals surface area contributed by atoms with Gasteiger partial charge in [0, 0.05) is 36.8 Å². The number of aliphatic imine (C=N–C) groups is 1. The van der Waals surface area contributed by atoms with Crippen molar-refractivity contribution >= 4 is 23.2 Å². The fourth-order valence-corrected chi connectivity index (χ4v) is 2.90. The first kappa shape index (κ1) is 14.3. The highest BCUT2D eigenvalue weighted by Gasteiger charge is 2.31. The fourth-order valence-electron chi connectivity index (χ4n) is 2.72. The minimum absolute atomic E-state index is 0.0600. The molecule has 0 aliphatic carbocycles. The topological polar surface area (TPSA) is 55.6 Å². The number of guanidine groups is 1. The third-order valence-corrected chi connectivity index (χ3v) is 4.05. The summed E-state index contributed by atoms with van der Waals surface area (Å²) in [4.78, 5) is 7.04. The summed E-state index contributed by atoms with van der Waals surface area (Å²) in [7, 11) is 1.68. The van der Waals surface area contributed by atoms with Crippen LogP contribution in [-0.2, 0) is 0 Å². The monoisotopic (exact) mass is 306 g/mol. The number of hydrogen-bond acceptors (Lipinski definition) is 5. The van der Waals surface area contributed by atoms with Crippen LogP contribution in [0.25, 0.3) is 0 Å². The van der Waals surface area contributed by atoms with Crippen LogP contribution in [0.1, 0.15) is 18.5 Å². The number of hydrogen-bond donors (Lipinski definition) is 1. The number of nitrogens with zero attached hydrogens (tertiary/aromatic N) is 5. The van der Waals surface area contributed by atoms with E-state index in [1.165, 1.54) is 0 Å². The number of halogens is 1. The molecule has 21 heavy (non-hydrogen) atoms. The third-order valence-electron chi connectivity index (χ3n) is 3.82. The second-order valence-corrected chi connectivity index (χ2v) is 5.60. The molecule has 0 amide bonds. The predicted octanol–water partition coefficient (Wildman–Crippen LogP) is 2.61. The zero-order valence-electron chi connectivity index (χ0n) is 12.3. The summed E-state index contributed by atoms with van der Waals surface area (Å²) in [6, 6.07) is 5.86. The molecule has 0 radical (unpaired) electrons. The van der Waals surface area contributed by atoms with Gasteiger partial charge in [-0.1, -0.05) is 16.8 Å². The van der Waals surface area contributed by atoms with Crippen LogP contribution in [0.4, 0.5) is 5.69 Å². The van der Waals surface area contributed by atoms with Gasteiger partial charge in [0.25, 0.3) is 0 Å². The zero-order valence-corrected chi connectivity index (χ0v) is 13.0. The molecule has 1 aromatic rings. The molecule has 0 bridgehead atoms. The summed E-state index contributed by atoms with van der Waals surface area (Å²) < 4.78 is 0. The van der Waals surface area contributed by atoms with Gasteiger partial charge in [-0.2, -0.15) is 5.11 Å². The van der Waals surface area contributed by atoms with E-state index in [0.29, 0.717) is 0 Å². The predicted molar refractivity (Wildman–Crippen MR) is 84.0 cm³/mol. The van der Waals surface area contributed by atoms with Crippen molar-refractivity contribution in [1.29, 1.82) is 0 Å². The molecule has 0 saturated carbocycles. The number of fused-ring (bicyclic) bond motifs is 1. The molecule has 1 unspecified atom stereocenters. The molecule has 2 heterocycles. The Labute approximate surface area is 129 Å². The Bertz CT molecular complexity index is 579. The normalized spacial score (nSPS) is 22.4. The summed E-state index contributed by atoms with van der Waals surface area (Å²) in [5.74, 6) is 0.865. The lowest BCUT2D eigenvalue weighted by atomic mass is 10.0. The Balaban J connectivity index is 2.03. The van der Waals surface area contributed by atoms with Crippen LogP contribution in [0, 0.1) is 0 Å². The average Bonchev–Trinajstić information content (AvgIpc) is 2.51. The van der Waals surface area contributed by atoms with Gasteiger partial charge in [0.1, 0.15) is 0 Å². The highest BCUT2D eigenvalue weighted by molar-refractivity contribution is 6.30. The number of nitrogens with one attached hydrogen (secondary N) is 1. The molecule has 0 spiro atoms. The van der Waals surface area contributed by atoms with Gasteiger partial charge in [-0.05, 0) is 25.1 Å². The summed E-state index contributed by atoms with van der Waals surface area (Å²) in [6.07, 6.45) is 0. The van der Waals surface area contributed by atoms with Crippen molar-refractivity contribution in [2.45, 2.75) is 13.0 Å². The first-order valence-electron chi connectivity index (χ1n) is 7.13. The van der Waals surface area contributed by atoms with Crippen LogP contribution in [0.3, 0.4) is 0 Å². The lowest BCUT2D eigenvalue weighted by molar-refractivity contribution is 0.247. The largest absolute Gasteiger partial charge is 0.338 e. The maximum atomic E-state index is 6.11. The minimum Gasteiger partial charge on any atom is -0.338 e. The van der Waals surface area contributed by atoms with E-state index >= 15 is 0 Å². The Kier molecular flexibility index (Phi) is 4.07. The van der Waals surface area contributed by atoms with Crippen molar-refractivity contribution in [3.8, 4) is 0 Å². The molecular weight excluding hydrogens is 288 g/mol. The zero-order chi connectivity index (χ0) is 14.8. The van der Waals surface area contributed by atoms with Crippen LogP contribution in [0.15, 0.2) is 33.5 Å². The maximum Gasteiger partial charge on any atom is 0.224 e. The molecule has 1 N–H and O–H groups in total. The molecule has 1 fully saturated rings. The highest BCUT2D eigenvalue weighted by atomic mass is 35.5. The van der Waals surface area contributed by atoms with E-state index in [0.717, 1.165) is 48.4 Å². The molecule has 2 aliphatic rings. The van der Waals surface area contributed by atoms with Crippen molar-refractivity contribution in [1.82, 2.24) is 15.2 Å². The van der Waals surface area contributed by atoms with Crippen molar-refractivity contribution < 1.29 is 0 Å². The molecule has 2 aliphatic heterocycles. The van der Waals surface area contributed by atoms with E-state index in [1.54, 1.807) is 7.05 Å². The van der Waals surface area contributed by atoms with Gasteiger partial charge in [0.2, 0.25) is 5.96 Å². The lowest BCUT2D eigenvalue weighted by Gasteiger charge is -2.38. The molecule has 0 aromatic heterocycles. The Morgan fingerprint density at radius 3 is 2.81 bits per heavy atom. The minimum atomic E-state index is 0.0600. The summed E-state index contributed by atoms with van der Waals surface area (Å²) in [6.45, 7) is 5.85. The molecule has 3 rings (SSSR count). The molecule has 7 heteroatoms.